The van der Waals surface area contributed by atoms with Crippen molar-refractivity contribution in [3.8, 4) is 5.75 Å². The standard InChI is InChI=1S/C11H16N2O4S/c12-8-1-2-10(11(7-8)18(13,14)15)17-9-3-5-16-6-4-9/h1-2,7,9H,3-6,12H2,(H2,13,14,15). The molecule has 18 heavy (non-hydrogen) atoms. The minimum atomic E-state index is -3.84. The highest BCUT2D eigenvalue weighted by molar-refractivity contribution is 7.89. The molecule has 1 aliphatic rings. The molecule has 1 heterocycles. The van der Waals surface area contributed by atoms with Gasteiger partial charge in [-0.15, -0.1) is 0 Å². The number of sulfonamides is 1. The van der Waals surface area contributed by atoms with Crippen molar-refractivity contribution >= 4 is 15.7 Å². The van der Waals surface area contributed by atoms with Crippen LogP contribution in [-0.2, 0) is 14.8 Å². The Morgan fingerprint density at radius 2 is 1.94 bits per heavy atom. The van der Waals surface area contributed by atoms with Gasteiger partial charge in [0.25, 0.3) is 0 Å². The lowest BCUT2D eigenvalue weighted by molar-refractivity contribution is 0.0244. The van der Waals surface area contributed by atoms with Crippen LogP contribution >= 0.6 is 0 Å². The molecule has 0 spiro atoms. The van der Waals surface area contributed by atoms with Crippen molar-refractivity contribution in [2.75, 3.05) is 18.9 Å². The largest absolute Gasteiger partial charge is 0.489 e. The Labute approximate surface area is 106 Å². The Kier molecular flexibility index (Phi) is 3.74. The van der Waals surface area contributed by atoms with Crippen molar-refractivity contribution in [2.24, 2.45) is 5.14 Å². The fraction of sp³-hybridized carbons (Fsp3) is 0.455. The van der Waals surface area contributed by atoms with Gasteiger partial charge in [-0.2, -0.15) is 0 Å². The molecule has 6 nitrogen and oxygen atoms in total. The van der Waals surface area contributed by atoms with Gasteiger partial charge in [0.15, 0.2) is 0 Å². The lowest BCUT2D eigenvalue weighted by atomic mass is 10.1. The normalized spacial score (nSPS) is 17.6. The minimum Gasteiger partial charge on any atom is -0.489 e. The molecule has 7 heteroatoms. The smallest absolute Gasteiger partial charge is 0.241 e. The third kappa shape index (κ3) is 3.12. The van der Waals surface area contributed by atoms with Crippen molar-refractivity contribution in [1.29, 1.82) is 0 Å². The van der Waals surface area contributed by atoms with E-state index in [4.69, 9.17) is 20.3 Å². The Hall–Kier alpha value is -1.31. The first kappa shape index (κ1) is 13.1. The van der Waals surface area contributed by atoms with Crippen molar-refractivity contribution in [2.45, 2.75) is 23.8 Å². The molecule has 100 valence electrons. The molecule has 0 bridgehead atoms. The van der Waals surface area contributed by atoms with Gasteiger partial charge in [-0.05, 0) is 18.2 Å². The van der Waals surface area contributed by atoms with E-state index in [0.717, 1.165) is 12.8 Å². The highest BCUT2D eigenvalue weighted by Gasteiger charge is 2.20. The first-order chi connectivity index (χ1) is 8.47. The van der Waals surface area contributed by atoms with E-state index in [9.17, 15) is 8.42 Å². The number of nitrogens with two attached hydrogens (primary N) is 2. The summed E-state index contributed by atoms with van der Waals surface area (Å²) in [6, 6.07) is 4.43. The molecule has 0 unspecified atom stereocenters. The summed E-state index contributed by atoms with van der Waals surface area (Å²) < 4.78 is 33.8. The van der Waals surface area contributed by atoms with E-state index in [1.165, 1.54) is 12.1 Å². The second-order valence-corrected chi connectivity index (χ2v) is 5.71. The third-order valence-corrected chi connectivity index (χ3v) is 3.67. The van der Waals surface area contributed by atoms with Crippen LogP contribution in [0.3, 0.4) is 0 Å². The lowest BCUT2D eigenvalue weighted by Gasteiger charge is -2.24. The van der Waals surface area contributed by atoms with Crippen molar-refractivity contribution in [3.05, 3.63) is 18.2 Å². The summed E-state index contributed by atoms with van der Waals surface area (Å²) >= 11 is 0. The number of nitrogen functional groups attached to an aromatic ring is 1. The van der Waals surface area contributed by atoms with Crippen LogP contribution in [0.25, 0.3) is 0 Å². The summed E-state index contributed by atoms with van der Waals surface area (Å²) in [6.07, 6.45) is 1.41. The van der Waals surface area contributed by atoms with Gasteiger partial charge < -0.3 is 15.2 Å². The highest BCUT2D eigenvalue weighted by Crippen LogP contribution is 2.27. The maximum atomic E-state index is 11.5. The Morgan fingerprint density at radius 1 is 1.28 bits per heavy atom. The number of anilines is 1. The molecule has 0 aromatic heterocycles. The third-order valence-electron chi connectivity index (χ3n) is 2.74. The summed E-state index contributed by atoms with van der Waals surface area (Å²) in [5, 5.41) is 5.14. The van der Waals surface area contributed by atoms with E-state index < -0.39 is 10.0 Å². The zero-order valence-corrected chi connectivity index (χ0v) is 10.7. The second-order valence-electron chi connectivity index (χ2n) is 4.18. The first-order valence-corrected chi connectivity index (χ1v) is 7.18. The average molecular weight is 272 g/mol. The summed E-state index contributed by atoms with van der Waals surface area (Å²) in [5.74, 6) is 0.249. The number of benzene rings is 1. The van der Waals surface area contributed by atoms with E-state index in [1.54, 1.807) is 6.07 Å². The summed E-state index contributed by atoms with van der Waals surface area (Å²) in [7, 11) is -3.84. The summed E-state index contributed by atoms with van der Waals surface area (Å²) in [4.78, 5) is -0.0750. The van der Waals surface area contributed by atoms with E-state index in [0.29, 0.717) is 18.9 Å². The summed E-state index contributed by atoms with van der Waals surface area (Å²) in [6.45, 7) is 1.23. The van der Waals surface area contributed by atoms with Gasteiger partial charge in [0.05, 0.1) is 13.2 Å². The zero-order valence-electron chi connectivity index (χ0n) is 9.83. The highest BCUT2D eigenvalue weighted by atomic mass is 32.2. The molecule has 2 rings (SSSR count). The molecule has 1 saturated heterocycles. The number of rotatable bonds is 3. The maximum Gasteiger partial charge on any atom is 0.241 e. The molecule has 1 fully saturated rings. The number of ether oxygens (including phenoxy) is 2. The van der Waals surface area contributed by atoms with Crippen molar-refractivity contribution in [3.63, 3.8) is 0 Å². The molecular weight excluding hydrogens is 256 g/mol. The van der Waals surface area contributed by atoms with Crippen LogP contribution in [-0.4, -0.2) is 27.7 Å². The predicted octanol–water partition coefficient (Wildman–Crippen LogP) is 0.474. The number of hydrogen-bond donors (Lipinski definition) is 2. The maximum absolute atomic E-state index is 11.5. The van der Waals surface area contributed by atoms with Crippen LogP contribution in [0.15, 0.2) is 23.1 Å². The minimum absolute atomic E-state index is 0.0529. The topological polar surface area (TPSA) is 105 Å². The van der Waals surface area contributed by atoms with Gasteiger partial charge in [0.1, 0.15) is 16.7 Å². The van der Waals surface area contributed by atoms with Gasteiger partial charge in [0, 0.05) is 18.5 Å². The second kappa shape index (κ2) is 5.13. The van der Waals surface area contributed by atoms with Crippen LogP contribution in [0.5, 0.6) is 5.75 Å². The van der Waals surface area contributed by atoms with E-state index in [2.05, 4.69) is 0 Å². The predicted molar refractivity (Wildman–Crippen MR) is 66.7 cm³/mol. The molecule has 0 atom stereocenters. The van der Waals surface area contributed by atoms with E-state index in [-0.39, 0.29) is 16.7 Å². The van der Waals surface area contributed by atoms with Gasteiger partial charge in [-0.25, -0.2) is 13.6 Å². The molecular formula is C11H16N2O4S. The Bertz CT molecular complexity index is 524. The average Bonchev–Trinajstić information content (AvgIpc) is 2.31. The first-order valence-electron chi connectivity index (χ1n) is 5.63. The SMILES string of the molecule is Nc1ccc(OC2CCOCC2)c(S(N)(=O)=O)c1. The van der Waals surface area contributed by atoms with Crippen molar-refractivity contribution < 1.29 is 17.9 Å². The van der Waals surface area contributed by atoms with Gasteiger partial charge in [0.2, 0.25) is 10.0 Å². The molecule has 1 aromatic carbocycles. The summed E-state index contributed by atoms with van der Waals surface area (Å²) in [5.41, 5.74) is 5.89. The van der Waals surface area contributed by atoms with E-state index >= 15 is 0 Å². The molecule has 1 aliphatic heterocycles. The van der Waals surface area contributed by atoms with Crippen LogP contribution in [0.2, 0.25) is 0 Å². The van der Waals surface area contributed by atoms with E-state index in [1.807, 2.05) is 0 Å². The van der Waals surface area contributed by atoms with Crippen LogP contribution in [0, 0.1) is 0 Å². The van der Waals surface area contributed by atoms with Crippen LogP contribution in [0.4, 0.5) is 5.69 Å². The van der Waals surface area contributed by atoms with Crippen molar-refractivity contribution in [1.82, 2.24) is 0 Å². The Balaban J connectivity index is 2.26. The fourth-order valence-corrected chi connectivity index (χ4v) is 2.51. The van der Waals surface area contributed by atoms with Gasteiger partial charge in [-0.1, -0.05) is 0 Å². The molecule has 0 amide bonds. The fourth-order valence-electron chi connectivity index (χ4n) is 1.82. The molecule has 0 radical (unpaired) electrons. The Morgan fingerprint density at radius 3 is 2.56 bits per heavy atom. The number of primary sulfonamides is 1. The monoisotopic (exact) mass is 272 g/mol. The van der Waals surface area contributed by atoms with Gasteiger partial charge >= 0.3 is 0 Å². The molecule has 0 saturated carbocycles. The number of hydrogen-bond acceptors (Lipinski definition) is 5. The quantitative estimate of drug-likeness (QED) is 0.778. The molecule has 1 aromatic rings. The molecule has 4 N–H and O–H groups in total. The van der Waals surface area contributed by atoms with Crippen LogP contribution in [0.1, 0.15) is 12.8 Å². The van der Waals surface area contributed by atoms with Gasteiger partial charge in [-0.3, -0.25) is 0 Å². The molecule has 0 aliphatic carbocycles. The van der Waals surface area contributed by atoms with Crippen LogP contribution < -0.4 is 15.6 Å². The zero-order chi connectivity index (χ0) is 13.2. The lowest BCUT2D eigenvalue weighted by Crippen LogP contribution is -2.27.